The zero-order valence-electron chi connectivity index (χ0n) is 11.7. The van der Waals surface area contributed by atoms with Crippen molar-refractivity contribution in [1.82, 2.24) is 15.5 Å². The summed E-state index contributed by atoms with van der Waals surface area (Å²) in [6, 6.07) is 0.538. The van der Waals surface area contributed by atoms with E-state index in [0.29, 0.717) is 6.42 Å². The van der Waals surface area contributed by atoms with Gasteiger partial charge >= 0.3 is 12.0 Å². The molecule has 1 aliphatic heterocycles. The van der Waals surface area contributed by atoms with E-state index in [1.807, 2.05) is 0 Å². The van der Waals surface area contributed by atoms with Gasteiger partial charge in [0.2, 0.25) is 0 Å². The number of carboxylic acid groups (broad SMARTS) is 1. The first-order valence-corrected chi connectivity index (χ1v) is 7.67. The molecule has 112 valence electrons. The molecule has 0 aromatic carbocycles. The highest BCUT2D eigenvalue weighted by Gasteiger charge is 2.36. The summed E-state index contributed by atoms with van der Waals surface area (Å²) in [6.45, 7) is 2.00. The number of urea groups is 1. The maximum atomic E-state index is 12.0. The molecule has 0 spiro atoms. The molecular formula is C14H23N3O3. The van der Waals surface area contributed by atoms with Crippen LogP contribution in [0.2, 0.25) is 0 Å². The summed E-state index contributed by atoms with van der Waals surface area (Å²) in [5, 5.41) is 14.9. The molecule has 0 radical (unpaired) electrons. The molecule has 3 fully saturated rings. The van der Waals surface area contributed by atoms with Gasteiger partial charge in [0.05, 0.1) is 5.92 Å². The molecule has 3 rings (SSSR count). The number of likely N-dealkylation sites (tertiary alicyclic amines) is 1. The standard InChI is InChI=1S/C14H23N3O3/c18-13(19)11-2-1-3-12(11)16-14(20)15-9-6-7-17(8-9)10-4-5-10/h9-12H,1-8H2,(H,18,19)(H2,15,16,20). The molecule has 0 bridgehead atoms. The van der Waals surface area contributed by atoms with Crippen LogP contribution >= 0.6 is 0 Å². The highest BCUT2D eigenvalue weighted by molar-refractivity contribution is 5.77. The predicted molar refractivity (Wildman–Crippen MR) is 73.4 cm³/mol. The lowest BCUT2D eigenvalue weighted by atomic mass is 10.0. The average Bonchev–Trinajstić information content (AvgIpc) is 2.96. The van der Waals surface area contributed by atoms with Crippen molar-refractivity contribution in [2.75, 3.05) is 13.1 Å². The van der Waals surface area contributed by atoms with Crippen molar-refractivity contribution in [1.29, 1.82) is 0 Å². The molecule has 3 unspecified atom stereocenters. The quantitative estimate of drug-likeness (QED) is 0.711. The summed E-state index contributed by atoms with van der Waals surface area (Å²) in [6.07, 6.45) is 5.89. The van der Waals surface area contributed by atoms with Crippen LogP contribution in [0.25, 0.3) is 0 Å². The Balaban J connectivity index is 1.44. The van der Waals surface area contributed by atoms with E-state index in [4.69, 9.17) is 5.11 Å². The Morgan fingerprint density at radius 1 is 1.05 bits per heavy atom. The normalized spacial score (nSPS) is 34.1. The van der Waals surface area contributed by atoms with Crippen LogP contribution in [-0.2, 0) is 4.79 Å². The van der Waals surface area contributed by atoms with Crippen LogP contribution < -0.4 is 10.6 Å². The van der Waals surface area contributed by atoms with Gasteiger partial charge in [-0.3, -0.25) is 9.69 Å². The van der Waals surface area contributed by atoms with Gasteiger partial charge in [-0.1, -0.05) is 6.42 Å². The van der Waals surface area contributed by atoms with Crippen LogP contribution in [0.4, 0.5) is 4.79 Å². The van der Waals surface area contributed by atoms with Crippen molar-refractivity contribution in [2.24, 2.45) is 5.92 Å². The van der Waals surface area contributed by atoms with Crippen LogP contribution in [0.15, 0.2) is 0 Å². The van der Waals surface area contributed by atoms with Crippen molar-refractivity contribution in [3.8, 4) is 0 Å². The number of carbonyl (C=O) groups excluding carboxylic acids is 1. The second-order valence-electron chi connectivity index (χ2n) is 6.31. The Labute approximate surface area is 118 Å². The molecule has 2 aliphatic carbocycles. The van der Waals surface area contributed by atoms with Crippen LogP contribution in [-0.4, -0.2) is 53.2 Å². The van der Waals surface area contributed by atoms with E-state index < -0.39 is 11.9 Å². The fourth-order valence-corrected chi connectivity index (χ4v) is 3.50. The molecule has 3 aliphatic rings. The van der Waals surface area contributed by atoms with E-state index in [0.717, 1.165) is 38.4 Å². The van der Waals surface area contributed by atoms with Gasteiger partial charge in [-0.15, -0.1) is 0 Å². The third-order valence-corrected chi connectivity index (χ3v) is 4.77. The number of hydrogen-bond donors (Lipinski definition) is 3. The van der Waals surface area contributed by atoms with E-state index in [-0.39, 0.29) is 18.1 Å². The highest BCUT2D eigenvalue weighted by atomic mass is 16.4. The third-order valence-electron chi connectivity index (χ3n) is 4.77. The van der Waals surface area contributed by atoms with Crippen molar-refractivity contribution >= 4 is 12.0 Å². The lowest BCUT2D eigenvalue weighted by Crippen LogP contribution is -2.49. The molecule has 20 heavy (non-hydrogen) atoms. The highest BCUT2D eigenvalue weighted by Crippen LogP contribution is 2.30. The van der Waals surface area contributed by atoms with Crippen molar-refractivity contribution < 1.29 is 14.7 Å². The molecule has 2 amide bonds. The van der Waals surface area contributed by atoms with Gasteiger partial charge in [-0.05, 0) is 32.1 Å². The molecule has 2 saturated carbocycles. The largest absolute Gasteiger partial charge is 0.481 e. The van der Waals surface area contributed by atoms with Gasteiger partial charge < -0.3 is 15.7 Å². The molecule has 0 aromatic heterocycles. The van der Waals surface area contributed by atoms with Crippen molar-refractivity contribution in [3.05, 3.63) is 0 Å². The number of carboxylic acids is 1. The molecule has 3 atom stereocenters. The maximum Gasteiger partial charge on any atom is 0.315 e. The minimum atomic E-state index is -0.798. The Bertz CT molecular complexity index is 397. The molecular weight excluding hydrogens is 258 g/mol. The lowest BCUT2D eigenvalue weighted by Gasteiger charge is -2.20. The zero-order valence-corrected chi connectivity index (χ0v) is 11.7. The third kappa shape index (κ3) is 3.06. The SMILES string of the molecule is O=C(NC1CCN(C2CC2)C1)NC1CCCC1C(=O)O. The Morgan fingerprint density at radius 3 is 2.55 bits per heavy atom. The summed E-state index contributed by atoms with van der Waals surface area (Å²) in [7, 11) is 0. The van der Waals surface area contributed by atoms with Gasteiger partial charge in [-0.25, -0.2) is 4.79 Å². The second kappa shape index (κ2) is 5.60. The lowest BCUT2D eigenvalue weighted by molar-refractivity contribution is -0.142. The summed E-state index contributed by atoms with van der Waals surface area (Å²) in [5.41, 5.74) is 0. The molecule has 0 aromatic rings. The van der Waals surface area contributed by atoms with Crippen molar-refractivity contribution in [2.45, 2.75) is 56.7 Å². The molecule has 6 nitrogen and oxygen atoms in total. The van der Waals surface area contributed by atoms with Crippen LogP contribution in [0.3, 0.4) is 0 Å². The number of amides is 2. The molecule has 3 N–H and O–H groups in total. The van der Waals surface area contributed by atoms with E-state index >= 15 is 0 Å². The van der Waals surface area contributed by atoms with E-state index in [1.165, 1.54) is 12.8 Å². The number of nitrogens with zero attached hydrogens (tertiary/aromatic N) is 1. The van der Waals surface area contributed by atoms with E-state index in [2.05, 4.69) is 15.5 Å². The first kappa shape index (κ1) is 13.7. The predicted octanol–water partition coefficient (Wildman–Crippen LogP) is 0.776. The first-order valence-electron chi connectivity index (χ1n) is 7.67. The molecule has 1 heterocycles. The molecule has 1 saturated heterocycles. The summed E-state index contributed by atoms with van der Waals surface area (Å²) < 4.78 is 0. The summed E-state index contributed by atoms with van der Waals surface area (Å²) in [5.74, 6) is -1.22. The Morgan fingerprint density at radius 2 is 1.85 bits per heavy atom. The topological polar surface area (TPSA) is 81.7 Å². The van der Waals surface area contributed by atoms with Crippen LogP contribution in [0, 0.1) is 5.92 Å². The summed E-state index contributed by atoms with van der Waals surface area (Å²) in [4.78, 5) is 25.5. The van der Waals surface area contributed by atoms with Gasteiger partial charge in [0, 0.05) is 31.2 Å². The zero-order chi connectivity index (χ0) is 14.1. The van der Waals surface area contributed by atoms with Crippen LogP contribution in [0.5, 0.6) is 0 Å². The second-order valence-corrected chi connectivity index (χ2v) is 6.31. The van der Waals surface area contributed by atoms with Gasteiger partial charge in [0.1, 0.15) is 0 Å². The maximum absolute atomic E-state index is 12.0. The number of carbonyl (C=O) groups is 2. The Kier molecular flexibility index (Phi) is 3.83. The van der Waals surface area contributed by atoms with Crippen LogP contribution in [0.1, 0.15) is 38.5 Å². The smallest absolute Gasteiger partial charge is 0.315 e. The van der Waals surface area contributed by atoms with Gasteiger partial charge in [0.25, 0.3) is 0 Å². The van der Waals surface area contributed by atoms with Crippen molar-refractivity contribution in [3.63, 3.8) is 0 Å². The van der Waals surface area contributed by atoms with Gasteiger partial charge in [0.15, 0.2) is 0 Å². The number of nitrogens with one attached hydrogen (secondary N) is 2. The number of hydrogen-bond acceptors (Lipinski definition) is 3. The minimum absolute atomic E-state index is 0.203. The first-order chi connectivity index (χ1) is 9.63. The van der Waals surface area contributed by atoms with E-state index in [9.17, 15) is 9.59 Å². The number of aliphatic carboxylic acids is 1. The van der Waals surface area contributed by atoms with Gasteiger partial charge in [-0.2, -0.15) is 0 Å². The average molecular weight is 281 g/mol. The molecule has 6 heteroatoms. The minimum Gasteiger partial charge on any atom is -0.481 e. The summed E-state index contributed by atoms with van der Waals surface area (Å²) >= 11 is 0. The fraction of sp³-hybridized carbons (Fsp3) is 0.857. The number of rotatable bonds is 4. The monoisotopic (exact) mass is 281 g/mol. The Hall–Kier alpha value is -1.30. The van der Waals surface area contributed by atoms with E-state index in [1.54, 1.807) is 0 Å². The fourth-order valence-electron chi connectivity index (χ4n) is 3.50.